The van der Waals surface area contributed by atoms with Crippen LogP contribution in [0.25, 0.3) is 0 Å². The average molecular weight is 213 g/mol. The lowest BCUT2D eigenvalue weighted by Gasteiger charge is -2.15. The standard InChI is InChI=1S/C9H15N3OS/c1-6-11-12-9(13-6)14-8-5-3-4-7(8)10-2/h7-8,10H,3-5H2,1-2H3. The normalized spacial score (nSPS) is 27.0. The summed E-state index contributed by atoms with van der Waals surface area (Å²) in [7, 11) is 2.02. The van der Waals surface area contributed by atoms with E-state index in [4.69, 9.17) is 4.42 Å². The van der Waals surface area contributed by atoms with E-state index in [2.05, 4.69) is 15.5 Å². The lowest BCUT2D eigenvalue weighted by Crippen LogP contribution is -2.30. The zero-order chi connectivity index (χ0) is 9.97. The van der Waals surface area contributed by atoms with E-state index in [0.29, 0.717) is 22.4 Å². The fraction of sp³-hybridized carbons (Fsp3) is 0.778. The molecular weight excluding hydrogens is 198 g/mol. The number of hydrogen-bond donors (Lipinski definition) is 1. The minimum atomic E-state index is 0.583. The summed E-state index contributed by atoms with van der Waals surface area (Å²) in [5, 5.41) is 12.4. The van der Waals surface area contributed by atoms with Gasteiger partial charge in [0.25, 0.3) is 5.22 Å². The first kappa shape index (κ1) is 9.98. The quantitative estimate of drug-likeness (QED) is 0.826. The van der Waals surface area contributed by atoms with Gasteiger partial charge in [0.05, 0.1) is 0 Å². The van der Waals surface area contributed by atoms with Gasteiger partial charge in [-0.3, -0.25) is 0 Å². The van der Waals surface area contributed by atoms with Crippen molar-refractivity contribution in [1.29, 1.82) is 0 Å². The second-order valence-corrected chi connectivity index (χ2v) is 4.76. The molecule has 0 aliphatic heterocycles. The van der Waals surface area contributed by atoms with Crippen LogP contribution in [0.5, 0.6) is 0 Å². The fourth-order valence-corrected chi connectivity index (χ4v) is 3.09. The van der Waals surface area contributed by atoms with Crippen LogP contribution in [0, 0.1) is 6.92 Å². The Kier molecular flexibility index (Phi) is 3.08. The lowest BCUT2D eigenvalue weighted by molar-refractivity contribution is 0.427. The number of nitrogens with one attached hydrogen (secondary N) is 1. The van der Waals surface area contributed by atoms with Gasteiger partial charge in [0.2, 0.25) is 5.89 Å². The van der Waals surface area contributed by atoms with Crippen LogP contribution in [0.15, 0.2) is 9.64 Å². The van der Waals surface area contributed by atoms with E-state index in [-0.39, 0.29) is 0 Å². The van der Waals surface area contributed by atoms with E-state index in [9.17, 15) is 0 Å². The lowest BCUT2D eigenvalue weighted by atomic mass is 10.2. The van der Waals surface area contributed by atoms with Crippen molar-refractivity contribution in [3.63, 3.8) is 0 Å². The predicted octanol–water partition coefficient (Wildman–Crippen LogP) is 1.61. The maximum atomic E-state index is 5.35. The van der Waals surface area contributed by atoms with Crippen LogP contribution >= 0.6 is 11.8 Å². The zero-order valence-electron chi connectivity index (χ0n) is 8.49. The molecule has 1 heterocycles. The first-order valence-electron chi connectivity index (χ1n) is 4.93. The van der Waals surface area contributed by atoms with Gasteiger partial charge >= 0.3 is 0 Å². The van der Waals surface area contributed by atoms with Gasteiger partial charge in [-0.15, -0.1) is 10.2 Å². The Bertz CT molecular complexity index is 302. The minimum absolute atomic E-state index is 0.583. The Balaban J connectivity index is 1.96. The van der Waals surface area contributed by atoms with Gasteiger partial charge in [-0.1, -0.05) is 18.2 Å². The third-order valence-electron chi connectivity index (χ3n) is 2.58. The largest absolute Gasteiger partial charge is 0.416 e. The Labute approximate surface area is 87.9 Å². The van der Waals surface area contributed by atoms with Crippen molar-refractivity contribution in [3.05, 3.63) is 5.89 Å². The van der Waals surface area contributed by atoms with Crippen molar-refractivity contribution in [2.24, 2.45) is 0 Å². The molecule has 4 nitrogen and oxygen atoms in total. The molecule has 14 heavy (non-hydrogen) atoms. The van der Waals surface area contributed by atoms with Crippen LogP contribution in [-0.2, 0) is 0 Å². The van der Waals surface area contributed by atoms with Gasteiger partial charge in [0.15, 0.2) is 0 Å². The van der Waals surface area contributed by atoms with E-state index in [0.717, 1.165) is 0 Å². The number of hydrogen-bond acceptors (Lipinski definition) is 5. The van der Waals surface area contributed by atoms with Crippen molar-refractivity contribution in [3.8, 4) is 0 Å². The van der Waals surface area contributed by atoms with Crippen LogP contribution in [0.1, 0.15) is 25.2 Å². The molecule has 0 spiro atoms. The van der Waals surface area contributed by atoms with Crippen molar-refractivity contribution in [1.82, 2.24) is 15.5 Å². The molecule has 1 aromatic rings. The molecule has 1 aliphatic carbocycles. The average Bonchev–Trinajstić information content (AvgIpc) is 2.76. The summed E-state index contributed by atoms with van der Waals surface area (Å²) in [6.45, 7) is 1.82. The molecule has 2 rings (SSSR count). The Morgan fingerprint density at radius 3 is 2.93 bits per heavy atom. The summed E-state index contributed by atoms with van der Waals surface area (Å²) in [4.78, 5) is 0. The van der Waals surface area contributed by atoms with E-state index in [1.807, 2.05) is 14.0 Å². The third kappa shape index (κ3) is 2.09. The van der Waals surface area contributed by atoms with Gasteiger partial charge in [-0.2, -0.15) is 0 Å². The van der Waals surface area contributed by atoms with Crippen LogP contribution in [-0.4, -0.2) is 28.5 Å². The van der Waals surface area contributed by atoms with Gasteiger partial charge in [0.1, 0.15) is 0 Å². The number of aryl methyl sites for hydroxylation is 1. The van der Waals surface area contributed by atoms with Gasteiger partial charge < -0.3 is 9.73 Å². The maximum Gasteiger partial charge on any atom is 0.276 e. The molecule has 0 aromatic carbocycles. The molecule has 1 saturated carbocycles. The molecule has 0 radical (unpaired) electrons. The molecule has 0 bridgehead atoms. The second kappa shape index (κ2) is 4.31. The van der Waals surface area contributed by atoms with Gasteiger partial charge in [-0.25, -0.2) is 0 Å². The summed E-state index contributed by atoms with van der Waals surface area (Å²) in [5.74, 6) is 0.645. The molecule has 2 atom stereocenters. The SMILES string of the molecule is CNC1CCCC1Sc1nnc(C)o1. The van der Waals surface area contributed by atoms with Crippen LogP contribution in [0.4, 0.5) is 0 Å². The van der Waals surface area contributed by atoms with E-state index in [1.165, 1.54) is 19.3 Å². The molecule has 1 N–H and O–H groups in total. The number of nitrogens with zero attached hydrogens (tertiary/aromatic N) is 2. The summed E-state index contributed by atoms with van der Waals surface area (Å²) in [5.41, 5.74) is 0. The van der Waals surface area contributed by atoms with Gasteiger partial charge in [-0.05, 0) is 19.9 Å². The smallest absolute Gasteiger partial charge is 0.276 e. The first-order chi connectivity index (χ1) is 6.79. The number of aromatic nitrogens is 2. The van der Waals surface area contributed by atoms with E-state index in [1.54, 1.807) is 11.8 Å². The topological polar surface area (TPSA) is 51.0 Å². The number of rotatable bonds is 3. The molecule has 2 unspecified atom stereocenters. The molecule has 1 aliphatic rings. The second-order valence-electron chi connectivity index (χ2n) is 3.57. The van der Waals surface area contributed by atoms with E-state index < -0.39 is 0 Å². The van der Waals surface area contributed by atoms with Crippen LogP contribution in [0.3, 0.4) is 0 Å². The summed E-state index contributed by atoms with van der Waals surface area (Å²) < 4.78 is 5.35. The first-order valence-corrected chi connectivity index (χ1v) is 5.81. The van der Waals surface area contributed by atoms with Crippen LogP contribution < -0.4 is 5.32 Å². The molecule has 1 fully saturated rings. The van der Waals surface area contributed by atoms with Crippen molar-refractivity contribution < 1.29 is 4.42 Å². The zero-order valence-corrected chi connectivity index (χ0v) is 9.30. The summed E-state index contributed by atoms with van der Waals surface area (Å²) >= 11 is 1.70. The molecule has 0 saturated heterocycles. The number of thioether (sulfide) groups is 1. The minimum Gasteiger partial charge on any atom is -0.416 e. The Hall–Kier alpha value is -0.550. The molecule has 1 aromatic heterocycles. The highest BCUT2D eigenvalue weighted by molar-refractivity contribution is 7.99. The van der Waals surface area contributed by atoms with Crippen LogP contribution in [0.2, 0.25) is 0 Å². The third-order valence-corrected chi connectivity index (χ3v) is 3.82. The maximum absolute atomic E-state index is 5.35. The molecular formula is C9H15N3OS. The summed E-state index contributed by atoms with van der Waals surface area (Å²) in [6, 6.07) is 0.590. The van der Waals surface area contributed by atoms with Crippen molar-refractivity contribution in [2.75, 3.05) is 7.05 Å². The monoisotopic (exact) mass is 213 g/mol. The Morgan fingerprint density at radius 2 is 2.29 bits per heavy atom. The highest BCUT2D eigenvalue weighted by Gasteiger charge is 2.28. The van der Waals surface area contributed by atoms with Crippen molar-refractivity contribution >= 4 is 11.8 Å². The molecule has 78 valence electrons. The highest BCUT2D eigenvalue weighted by atomic mass is 32.2. The van der Waals surface area contributed by atoms with E-state index >= 15 is 0 Å². The highest BCUT2D eigenvalue weighted by Crippen LogP contribution is 2.34. The fourth-order valence-electron chi connectivity index (χ4n) is 1.85. The van der Waals surface area contributed by atoms with Gasteiger partial charge in [0, 0.05) is 18.2 Å². The van der Waals surface area contributed by atoms with Crippen molar-refractivity contribution in [2.45, 2.75) is 42.7 Å². The summed E-state index contributed by atoms with van der Waals surface area (Å²) in [6.07, 6.45) is 3.77. The predicted molar refractivity (Wildman–Crippen MR) is 55.4 cm³/mol. The molecule has 0 amide bonds. The Morgan fingerprint density at radius 1 is 1.43 bits per heavy atom. The molecule has 5 heteroatoms.